The van der Waals surface area contributed by atoms with Gasteiger partial charge in [-0.2, -0.15) is 0 Å². The molecule has 2 aromatic rings. The predicted octanol–water partition coefficient (Wildman–Crippen LogP) is 1.27. The number of pyridine rings is 2. The number of rotatable bonds is 1. The van der Waals surface area contributed by atoms with Gasteiger partial charge in [0.05, 0.1) is 0 Å². The highest BCUT2D eigenvalue weighted by atomic mass is 16.5. The maximum absolute atomic E-state index is 9.44. The van der Waals surface area contributed by atoms with E-state index in [0.29, 0.717) is 5.69 Å². The minimum atomic E-state index is 0.683. The second-order valence-electron chi connectivity index (χ2n) is 2.65. The van der Waals surface area contributed by atoms with Crippen molar-refractivity contribution in [2.45, 2.75) is 0 Å². The van der Waals surface area contributed by atoms with Crippen LogP contribution in [0.5, 0.6) is 0 Å². The smallest absolute Gasteiger partial charge is 0.282 e. The maximum Gasteiger partial charge on any atom is 0.282 e. The summed E-state index contributed by atoms with van der Waals surface area (Å²) in [6.07, 6.45) is 3.27. The summed E-state index contributed by atoms with van der Waals surface area (Å²) in [5.41, 5.74) is 1.44. The molecule has 0 saturated carbocycles. The summed E-state index contributed by atoms with van der Waals surface area (Å²) in [5, 5.41) is 9.44. The molecule has 0 saturated heterocycles. The van der Waals surface area contributed by atoms with Gasteiger partial charge in [0.15, 0.2) is 0 Å². The van der Waals surface area contributed by atoms with Crippen LogP contribution in [0, 0.1) is 0 Å². The Morgan fingerprint density at radius 1 is 1.08 bits per heavy atom. The van der Waals surface area contributed by atoms with Crippen molar-refractivity contribution < 1.29 is 9.94 Å². The van der Waals surface area contributed by atoms with Crippen LogP contribution in [0.1, 0.15) is 0 Å². The maximum atomic E-state index is 9.44. The molecule has 0 unspecified atom stereocenters. The minimum Gasteiger partial charge on any atom is -0.284 e. The Morgan fingerprint density at radius 2 is 1.92 bits per heavy atom. The first-order valence-corrected chi connectivity index (χ1v) is 3.99. The molecule has 2 heterocycles. The first-order chi connectivity index (χ1) is 6.38. The summed E-state index contributed by atoms with van der Waals surface area (Å²) >= 11 is 0. The fraction of sp³-hybridized carbons (Fsp3) is 0. The van der Waals surface area contributed by atoms with Crippen LogP contribution in [0.2, 0.25) is 0 Å². The van der Waals surface area contributed by atoms with Gasteiger partial charge in [-0.25, -0.2) is 4.98 Å². The molecule has 0 bridgehead atoms. The zero-order chi connectivity index (χ0) is 9.10. The first-order valence-electron chi connectivity index (χ1n) is 3.99. The van der Waals surface area contributed by atoms with E-state index in [1.54, 1.807) is 18.5 Å². The molecule has 0 spiro atoms. The second kappa shape index (κ2) is 3.23. The normalized spacial score (nSPS) is 9.85. The van der Waals surface area contributed by atoms with Gasteiger partial charge in [-0.15, -0.1) is 0 Å². The monoisotopic (exact) mass is 173 g/mol. The van der Waals surface area contributed by atoms with Gasteiger partial charge in [-0.1, -0.05) is 6.07 Å². The lowest BCUT2D eigenvalue weighted by Crippen LogP contribution is -2.31. The standard InChI is InChI=1S/C10H9N2O/c13-12-8-4-2-6-10(12)9-5-1-3-7-11-9/h1-8,13H/q+1. The third kappa shape index (κ3) is 1.49. The third-order valence-electron chi connectivity index (χ3n) is 1.77. The molecule has 3 heteroatoms. The molecule has 0 aromatic carbocycles. The van der Waals surface area contributed by atoms with Gasteiger partial charge in [0.1, 0.15) is 5.69 Å². The van der Waals surface area contributed by atoms with E-state index >= 15 is 0 Å². The quantitative estimate of drug-likeness (QED) is 0.521. The Bertz CT molecular complexity index is 401. The molecule has 1 N–H and O–H groups in total. The SMILES string of the molecule is O[n+]1ccccc1-c1ccccn1. The highest BCUT2D eigenvalue weighted by Crippen LogP contribution is 2.09. The average molecular weight is 173 g/mol. The highest BCUT2D eigenvalue weighted by molar-refractivity contribution is 5.49. The van der Waals surface area contributed by atoms with Gasteiger partial charge >= 0.3 is 0 Å². The summed E-state index contributed by atoms with van der Waals surface area (Å²) in [5.74, 6) is 0. The van der Waals surface area contributed by atoms with E-state index in [1.807, 2.05) is 30.3 Å². The fourth-order valence-electron chi connectivity index (χ4n) is 1.15. The summed E-state index contributed by atoms with van der Waals surface area (Å²) in [6.45, 7) is 0. The van der Waals surface area contributed by atoms with E-state index in [9.17, 15) is 5.21 Å². The molecule has 0 radical (unpaired) electrons. The van der Waals surface area contributed by atoms with Crippen LogP contribution < -0.4 is 4.73 Å². The summed E-state index contributed by atoms with van der Waals surface area (Å²) < 4.78 is 1.06. The van der Waals surface area contributed by atoms with Crippen molar-refractivity contribution in [3.05, 3.63) is 48.8 Å². The van der Waals surface area contributed by atoms with Crippen molar-refractivity contribution in [3.8, 4) is 11.4 Å². The van der Waals surface area contributed by atoms with Crippen molar-refractivity contribution in [2.24, 2.45) is 0 Å². The number of nitrogens with zero attached hydrogens (tertiary/aromatic N) is 2. The van der Waals surface area contributed by atoms with Gasteiger partial charge in [0, 0.05) is 23.1 Å². The van der Waals surface area contributed by atoms with E-state index in [2.05, 4.69) is 4.98 Å². The van der Waals surface area contributed by atoms with E-state index < -0.39 is 0 Å². The molecule has 0 aliphatic carbocycles. The largest absolute Gasteiger partial charge is 0.284 e. The molecule has 0 aliphatic rings. The Balaban J connectivity index is 2.54. The Hall–Kier alpha value is -1.90. The van der Waals surface area contributed by atoms with Crippen LogP contribution in [0.4, 0.5) is 0 Å². The Morgan fingerprint density at radius 3 is 2.62 bits per heavy atom. The highest BCUT2D eigenvalue weighted by Gasteiger charge is 2.10. The minimum absolute atomic E-state index is 0.683. The van der Waals surface area contributed by atoms with Crippen molar-refractivity contribution in [1.29, 1.82) is 0 Å². The lowest BCUT2D eigenvalue weighted by molar-refractivity contribution is -0.896. The molecule has 2 aromatic heterocycles. The predicted molar refractivity (Wildman–Crippen MR) is 47.1 cm³/mol. The Labute approximate surface area is 75.9 Å². The number of aromatic nitrogens is 2. The molecular weight excluding hydrogens is 164 g/mol. The van der Waals surface area contributed by atoms with Crippen LogP contribution in [0.25, 0.3) is 11.4 Å². The van der Waals surface area contributed by atoms with Crippen molar-refractivity contribution in [1.82, 2.24) is 4.98 Å². The second-order valence-corrected chi connectivity index (χ2v) is 2.65. The van der Waals surface area contributed by atoms with Gasteiger partial charge in [-0.05, 0) is 18.2 Å². The van der Waals surface area contributed by atoms with Crippen molar-refractivity contribution >= 4 is 0 Å². The number of hydrogen-bond donors (Lipinski definition) is 1. The van der Waals surface area contributed by atoms with Gasteiger partial charge < -0.3 is 0 Å². The molecule has 13 heavy (non-hydrogen) atoms. The van der Waals surface area contributed by atoms with Crippen molar-refractivity contribution in [2.75, 3.05) is 0 Å². The molecule has 3 nitrogen and oxygen atoms in total. The fourth-order valence-corrected chi connectivity index (χ4v) is 1.15. The average Bonchev–Trinajstić information content (AvgIpc) is 2.20. The van der Waals surface area contributed by atoms with Crippen molar-refractivity contribution in [3.63, 3.8) is 0 Å². The topological polar surface area (TPSA) is 37.0 Å². The molecular formula is C10H9N2O+. The molecule has 2 rings (SSSR count). The van der Waals surface area contributed by atoms with Gasteiger partial charge in [0.2, 0.25) is 6.20 Å². The zero-order valence-corrected chi connectivity index (χ0v) is 6.96. The number of hydrogen-bond acceptors (Lipinski definition) is 2. The van der Waals surface area contributed by atoms with E-state index in [0.717, 1.165) is 10.4 Å². The molecule has 0 fully saturated rings. The molecule has 0 amide bonds. The van der Waals surface area contributed by atoms with E-state index in [1.165, 1.54) is 0 Å². The Kier molecular flexibility index (Phi) is 1.92. The van der Waals surface area contributed by atoms with E-state index in [-0.39, 0.29) is 0 Å². The van der Waals surface area contributed by atoms with Crippen LogP contribution in [0.3, 0.4) is 0 Å². The van der Waals surface area contributed by atoms with Crippen LogP contribution >= 0.6 is 0 Å². The summed E-state index contributed by atoms with van der Waals surface area (Å²) in [6, 6.07) is 11.0. The van der Waals surface area contributed by atoms with Crippen LogP contribution in [-0.2, 0) is 0 Å². The summed E-state index contributed by atoms with van der Waals surface area (Å²) in [4.78, 5) is 4.13. The van der Waals surface area contributed by atoms with E-state index in [4.69, 9.17) is 0 Å². The lowest BCUT2D eigenvalue weighted by Gasteiger charge is -1.94. The summed E-state index contributed by atoms with van der Waals surface area (Å²) in [7, 11) is 0. The molecule has 0 atom stereocenters. The van der Waals surface area contributed by atoms with Crippen LogP contribution in [-0.4, -0.2) is 10.2 Å². The van der Waals surface area contributed by atoms with Gasteiger partial charge in [-0.3, -0.25) is 5.21 Å². The molecule has 0 aliphatic heterocycles. The molecule has 64 valence electrons. The zero-order valence-electron chi connectivity index (χ0n) is 6.96. The lowest BCUT2D eigenvalue weighted by atomic mass is 10.2. The van der Waals surface area contributed by atoms with Crippen LogP contribution in [0.15, 0.2) is 48.8 Å². The van der Waals surface area contributed by atoms with Gasteiger partial charge in [0.25, 0.3) is 5.69 Å². The third-order valence-corrected chi connectivity index (χ3v) is 1.77. The first kappa shape index (κ1) is 7.73.